The van der Waals surface area contributed by atoms with E-state index in [0.717, 1.165) is 31.7 Å². The lowest BCUT2D eigenvalue weighted by Gasteiger charge is -2.42. The minimum Gasteiger partial charge on any atom is -0.480 e. The summed E-state index contributed by atoms with van der Waals surface area (Å²) >= 11 is 0. The Balaban J connectivity index is 2.11. The molecule has 1 atom stereocenters. The third kappa shape index (κ3) is 2.22. The zero-order valence-corrected chi connectivity index (χ0v) is 11.1. The Morgan fingerprint density at radius 2 is 2.00 bits per heavy atom. The van der Waals surface area contributed by atoms with E-state index in [1.807, 2.05) is 6.92 Å². The van der Waals surface area contributed by atoms with Gasteiger partial charge >= 0.3 is 5.97 Å². The van der Waals surface area contributed by atoms with Crippen molar-refractivity contribution in [2.45, 2.75) is 70.4 Å². The highest BCUT2D eigenvalue weighted by Crippen LogP contribution is 2.39. The van der Waals surface area contributed by atoms with Crippen LogP contribution >= 0.6 is 0 Å². The smallest absolute Gasteiger partial charge is 0.324 e. The van der Waals surface area contributed by atoms with Gasteiger partial charge in [0.2, 0.25) is 0 Å². The summed E-state index contributed by atoms with van der Waals surface area (Å²) in [5.74, 6) is 0.228. The lowest BCUT2D eigenvalue weighted by molar-refractivity contribution is -0.152. The predicted octanol–water partition coefficient (Wildman–Crippen LogP) is 2.89. The molecule has 0 aromatic rings. The number of nitrogens with zero attached hydrogens (tertiary/aromatic N) is 1. The third-order valence-corrected chi connectivity index (χ3v) is 4.95. The van der Waals surface area contributed by atoms with Crippen LogP contribution in [0.15, 0.2) is 0 Å². The van der Waals surface area contributed by atoms with Gasteiger partial charge in [0.15, 0.2) is 0 Å². The van der Waals surface area contributed by atoms with E-state index in [1.165, 1.54) is 25.7 Å². The van der Waals surface area contributed by atoms with Gasteiger partial charge in [-0.1, -0.05) is 13.8 Å². The van der Waals surface area contributed by atoms with E-state index in [1.54, 1.807) is 0 Å². The fourth-order valence-corrected chi connectivity index (χ4v) is 3.75. The molecule has 3 nitrogen and oxygen atoms in total. The minimum absolute atomic E-state index is 0.518. The summed E-state index contributed by atoms with van der Waals surface area (Å²) in [5.41, 5.74) is -0.550. The summed E-state index contributed by atoms with van der Waals surface area (Å²) in [4.78, 5) is 14.0. The molecule has 1 N–H and O–H groups in total. The molecule has 1 saturated heterocycles. The second-order valence-electron chi connectivity index (χ2n) is 5.90. The molecule has 1 aliphatic heterocycles. The molecule has 1 aliphatic carbocycles. The van der Waals surface area contributed by atoms with Crippen LogP contribution in [0, 0.1) is 5.92 Å². The molecule has 1 saturated carbocycles. The first kappa shape index (κ1) is 12.9. The fraction of sp³-hybridized carbons (Fsp3) is 0.929. The Kier molecular flexibility index (Phi) is 3.76. The number of carboxylic acid groups (broad SMARTS) is 1. The molecule has 0 aromatic carbocycles. The highest BCUT2D eigenvalue weighted by atomic mass is 16.4. The van der Waals surface area contributed by atoms with Gasteiger partial charge in [0.05, 0.1) is 0 Å². The zero-order chi connectivity index (χ0) is 12.5. The molecule has 2 rings (SSSR count). The molecule has 98 valence electrons. The maximum absolute atomic E-state index is 11.6. The van der Waals surface area contributed by atoms with Crippen LogP contribution < -0.4 is 0 Å². The van der Waals surface area contributed by atoms with Gasteiger partial charge in [-0.2, -0.15) is 0 Å². The lowest BCUT2D eigenvalue weighted by atomic mass is 9.83. The van der Waals surface area contributed by atoms with Crippen molar-refractivity contribution < 1.29 is 9.90 Å². The lowest BCUT2D eigenvalue weighted by Crippen LogP contribution is -2.55. The molecule has 17 heavy (non-hydrogen) atoms. The second kappa shape index (κ2) is 4.97. The molecular weight excluding hydrogens is 214 g/mol. The van der Waals surface area contributed by atoms with E-state index in [9.17, 15) is 9.90 Å². The number of likely N-dealkylation sites (tertiary alicyclic amines) is 1. The van der Waals surface area contributed by atoms with E-state index < -0.39 is 11.5 Å². The van der Waals surface area contributed by atoms with E-state index in [2.05, 4.69) is 11.8 Å². The molecule has 1 heterocycles. The van der Waals surface area contributed by atoms with Crippen molar-refractivity contribution in [3.63, 3.8) is 0 Å². The summed E-state index contributed by atoms with van der Waals surface area (Å²) in [6, 6.07) is 0.518. The number of carboxylic acids is 1. The normalized spacial score (nSPS) is 39.4. The third-order valence-electron chi connectivity index (χ3n) is 4.95. The average Bonchev–Trinajstić information content (AvgIpc) is 2.75. The van der Waals surface area contributed by atoms with E-state index in [-0.39, 0.29) is 0 Å². The van der Waals surface area contributed by atoms with Crippen LogP contribution in [0.4, 0.5) is 0 Å². The number of aliphatic carboxylic acids is 1. The van der Waals surface area contributed by atoms with Gasteiger partial charge in [0.1, 0.15) is 5.54 Å². The highest BCUT2D eigenvalue weighted by molar-refractivity contribution is 5.79. The summed E-state index contributed by atoms with van der Waals surface area (Å²) in [5, 5.41) is 9.58. The van der Waals surface area contributed by atoms with Crippen molar-refractivity contribution >= 4 is 5.97 Å². The van der Waals surface area contributed by atoms with E-state index in [4.69, 9.17) is 0 Å². The van der Waals surface area contributed by atoms with Gasteiger partial charge in [-0.3, -0.25) is 9.69 Å². The summed E-state index contributed by atoms with van der Waals surface area (Å²) in [7, 11) is 0. The maximum Gasteiger partial charge on any atom is 0.324 e. The van der Waals surface area contributed by atoms with Crippen molar-refractivity contribution in [3.8, 4) is 0 Å². The number of hydrogen-bond donors (Lipinski definition) is 1. The molecule has 2 aliphatic rings. The second-order valence-corrected chi connectivity index (χ2v) is 5.90. The monoisotopic (exact) mass is 239 g/mol. The van der Waals surface area contributed by atoms with Gasteiger partial charge in [-0.15, -0.1) is 0 Å². The van der Waals surface area contributed by atoms with E-state index in [0.29, 0.717) is 6.04 Å². The van der Waals surface area contributed by atoms with E-state index >= 15 is 0 Å². The molecule has 0 spiro atoms. The first-order chi connectivity index (χ1) is 8.10. The van der Waals surface area contributed by atoms with Crippen LogP contribution in [0.1, 0.15) is 58.8 Å². The van der Waals surface area contributed by atoms with Gasteiger partial charge in [-0.05, 0) is 57.4 Å². The quantitative estimate of drug-likeness (QED) is 0.823. The Labute approximate surface area is 104 Å². The minimum atomic E-state index is -0.601. The molecule has 0 radical (unpaired) electrons. The molecule has 1 unspecified atom stereocenters. The van der Waals surface area contributed by atoms with Gasteiger partial charge in [-0.25, -0.2) is 0 Å². The number of rotatable bonds is 3. The van der Waals surface area contributed by atoms with Gasteiger partial charge in [0, 0.05) is 6.04 Å². The van der Waals surface area contributed by atoms with Crippen LogP contribution in [0.3, 0.4) is 0 Å². The molecule has 2 fully saturated rings. The topological polar surface area (TPSA) is 40.5 Å². The fourth-order valence-electron chi connectivity index (χ4n) is 3.75. The first-order valence-electron chi connectivity index (χ1n) is 7.10. The Morgan fingerprint density at radius 3 is 2.53 bits per heavy atom. The highest BCUT2D eigenvalue weighted by Gasteiger charge is 2.48. The van der Waals surface area contributed by atoms with Crippen molar-refractivity contribution in [3.05, 3.63) is 0 Å². The zero-order valence-electron chi connectivity index (χ0n) is 11.1. The Bertz CT molecular complexity index is 284. The van der Waals surface area contributed by atoms with Crippen molar-refractivity contribution in [2.24, 2.45) is 5.92 Å². The molecule has 0 amide bonds. The summed E-state index contributed by atoms with van der Waals surface area (Å²) < 4.78 is 0. The largest absolute Gasteiger partial charge is 0.480 e. The van der Waals surface area contributed by atoms with Crippen LogP contribution in [-0.2, 0) is 4.79 Å². The van der Waals surface area contributed by atoms with Gasteiger partial charge in [0.25, 0.3) is 0 Å². The van der Waals surface area contributed by atoms with Gasteiger partial charge < -0.3 is 5.11 Å². The Hall–Kier alpha value is -0.570. The maximum atomic E-state index is 11.6. The van der Waals surface area contributed by atoms with Crippen molar-refractivity contribution in [1.82, 2.24) is 4.90 Å². The number of carbonyl (C=O) groups is 1. The molecule has 3 heteroatoms. The van der Waals surface area contributed by atoms with Crippen molar-refractivity contribution in [2.75, 3.05) is 6.54 Å². The average molecular weight is 239 g/mol. The SMILES string of the molecule is CCC1(C(=O)O)CCCN1C1CCC(C)CC1. The molecule has 0 bridgehead atoms. The van der Waals surface area contributed by atoms with Crippen LogP contribution in [0.5, 0.6) is 0 Å². The molecule has 0 aromatic heterocycles. The number of hydrogen-bond acceptors (Lipinski definition) is 2. The molecular formula is C14H25NO2. The first-order valence-corrected chi connectivity index (χ1v) is 7.10. The summed E-state index contributed by atoms with van der Waals surface area (Å²) in [6.07, 6.45) is 7.54. The van der Waals surface area contributed by atoms with Crippen LogP contribution in [0.25, 0.3) is 0 Å². The predicted molar refractivity (Wildman–Crippen MR) is 68.0 cm³/mol. The van der Waals surface area contributed by atoms with Crippen LogP contribution in [-0.4, -0.2) is 34.1 Å². The van der Waals surface area contributed by atoms with Crippen molar-refractivity contribution in [1.29, 1.82) is 0 Å². The Morgan fingerprint density at radius 1 is 1.35 bits per heavy atom. The summed E-state index contributed by atoms with van der Waals surface area (Å²) in [6.45, 7) is 5.32. The van der Waals surface area contributed by atoms with Crippen LogP contribution in [0.2, 0.25) is 0 Å². The standard InChI is InChI=1S/C14H25NO2/c1-3-14(13(16)17)9-4-10-15(14)12-7-5-11(2)6-8-12/h11-12H,3-10H2,1-2H3,(H,16,17).